The Labute approximate surface area is 103 Å². The number of carbonyl (C=O) groups is 1. The summed E-state index contributed by atoms with van der Waals surface area (Å²) in [6.45, 7) is 2.25. The van der Waals surface area contributed by atoms with Crippen molar-refractivity contribution in [2.75, 3.05) is 6.61 Å². The third kappa shape index (κ3) is 1.94. The second-order valence-corrected chi connectivity index (χ2v) is 6.67. The second kappa shape index (κ2) is 4.16. The van der Waals surface area contributed by atoms with E-state index in [9.17, 15) is 4.79 Å². The van der Waals surface area contributed by atoms with Crippen LogP contribution in [0.1, 0.15) is 16.6 Å². The first kappa shape index (κ1) is 10.4. The van der Waals surface area contributed by atoms with Crippen molar-refractivity contribution in [1.29, 1.82) is 0 Å². The van der Waals surface area contributed by atoms with E-state index >= 15 is 0 Å². The van der Waals surface area contributed by atoms with Gasteiger partial charge in [0.25, 0.3) is 0 Å². The minimum Gasteiger partial charge on any atom is -0.462 e. The normalized spacial score (nSPS) is 10.7. The van der Waals surface area contributed by atoms with Crippen LogP contribution in [-0.4, -0.2) is 12.6 Å². The average molecular weight is 338 g/mol. The average Bonchev–Trinajstić information content (AvgIpc) is 2.61. The van der Waals surface area contributed by atoms with Crippen molar-refractivity contribution < 1.29 is 9.53 Å². The summed E-state index contributed by atoms with van der Waals surface area (Å²) in [5.74, 6) is -0.212. The molecule has 0 atom stereocenters. The summed E-state index contributed by atoms with van der Waals surface area (Å²) in [5, 5.41) is 0. The largest absolute Gasteiger partial charge is 0.462 e. The lowest BCUT2D eigenvalue weighted by Gasteiger charge is -1.95. The van der Waals surface area contributed by atoms with Gasteiger partial charge in [0.15, 0.2) is 0 Å². The number of halogens is 1. The molecular formula is C9H7IO2S2. The maximum absolute atomic E-state index is 11.4. The molecule has 0 spiro atoms. The molecule has 5 heteroatoms. The van der Waals surface area contributed by atoms with Gasteiger partial charge >= 0.3 is 5.97 Å². The van der Waals surface area contributed by atoms with Gasteiger partial charge in [-0.05, 0) is 41.6 Å². The predicted molar refractivity (Wildman–Crippen MR) is 68.4 cm³/mol. The molecule has 2 nitrogen and oxygen atoms in total. The maximum atomic E-state index is 11.4. The molecule has 0 amide bonds. The molecule has 0 saturated heterocycles. The van der Waals surface area contributed by atoms with E-state index in [1.807, 2.05) is 13.0 Å². The number of hydrogen-bond donors (Lipinski definition) is 0. The highest BCUT2D eigenvalue weighted by molar-refractivity contribution is 14.1. The van der Waals surface area contributed by atoms with Crippen molar-refractivity contribution in [2.45, 2.75) is 6.92 Å². The van der Waals surface area contributed by atoms with Gasteiger partial charge in [-0.3, -0.25) is 0 Å². The van der Waals surface area contributed by atoms with Crippen LogP contribution in [-0.2, 0) is 4.74 Å². The van der Waals surface area contributed by atoms with Crippen molar-refractivity contribution >= 4 is 60.6 Å². The quantitative estimate of drug-likeness (QED) is 0.616. The molecule has 0 unspecified atom stereocenters. The number of rotatable bonds is 2. The highest BCUT2D eigenvalue weighted by Gasteiger charge is 2.12. The molecule has 0 aliphatic carbocycles. The molecular weight excluding hydrogens is 331 g/mol. The molecule has 0 aliphatic rings. The van der Waals surface area contributed by atoms with E-state index in [0.29, 0.717) is 11.5 Å². The van der Waals surface area contributed by atoms with E-state index in [-0.39, 0.29) is 5.97 Å². The Morgan fingerprint density at radius 2 is 2.14 bits per heavy atom. The van der Waals surface area contributed by atoms with Crippen LogP contribution in [0.5, 0.6) is 0 Å². The number of carbonyl (C=O) groups excluding carboxylic acids is 1. The summed E-state index contributed by atoms with van der Waals surface area (Å²) in [6.07, 6.45) is 0. The Morgan fingerprint density at radius 3 is 2.79 bits per heavy atom. The van der Waals surface area contributed by atoms with Crippen LogP contribution >= 0.6 is 45.3 Å². The molecule has 0 fully saturated rings. The molecule has 2 aromatic rings. The molecule has 2 heterocycles. The molecule has 14 heavy (non-hydrogen) atoms. The Kier molecular flexibility index (Phi) is 3.08. The third-order valence-electron chi connectivity index (χ3n) is 1.65. The lowest BCUT2D eigenvalue weighted by Crippen LogP contribution is -2.01. The second-order valence-electron chi connectivity index (χ2n) is 2.61. The SMILES string of the molecule is CCOC(=O)c1cc2sc(I)cc2s1. The lowest BCUT2D eigenvalue weighted by atomic mass is 10.4. The first-order valence-corrected chi connectivity index (χ1v) is 6.78. The van der Waals surface area contributed by atoms with E-state index < -0.39 is 0 Å². The summed E-state index contributed by atoms with van der Waals surface area (Å²) >= 11 is 5.48. The van der Waals surface area contributed by atoms with Crippen LogP contribution in [0.2, 0.25) is 0 Å². The Morgan fingerprint density at radius 1 is 1.43 bits per heavy atom. The fourth-order valence-corrected chi connectivity index (χ4v) is 4.36. The van der Waals surface area contributed by atoms with Gasteiger partial charge in [-0.15, -0.1) is 22.7 Å². The van der Waals surface area contributed by atoms with Crippen LogP contribution in [0, 0.1) is 2.88 Å². The molecule has 0 saturated carbocycles. The summed E-state index contributed by atoms with van der Waals surface area (Å²) in [4.78, 5) is 12.1. The topological polar surface area (TPSA) is 26.3 Å². The summed E-state index contributed by atoms with van der Waals surface area (Å²) < 4.78 is 8.52. The molecule has 0 bridgehead atoms. The predicted octanol–water partition coefficient (Wildman–Crippen LogP) is 3.74. The van der Waals surface area contributed by atoms with Gasteiger partial charge in [0, 0.05) is 9.40 Å². The van der Waals surface area contributed by atoms with Crippen molar-refractivity contribution in [3.63, 3.8) is 0 Å². The van der Waals surface area contributed by atoms with Crippen LogP contribution in [0.4, 0.5) is 0 Å². The number of esters is 1. The highest BCUT2D eigenvalue weighted by Crippen LogP contribution is 2.33. The van der Waals surface area contributed by atoms with E-state index in [2.05, 4.69) is 28.7 Å². The van der Waals surface area contributed by atoms with Gasteiger partial charge in [0.2, 0.25) is 0 Å². The minimum atomic E-state index is -0.212. The van der Waals surface area contributed by atoms with Crippen molar-refractivity contribution in [1.82, 2.24) is 0 Å². The Hall–Kier alpha value is -0.140. The molecule has 2 aromatic heterocycles. The van der Waals surface area contributed by atoms with E-state index in [0.717, 1.165) is 0 Å². The van der Waals surface area contributed by atoms with E-state index in [4.69, 9.17) is 4.74 Å². The van der Waals surface area contributed by atoms with Crippen LogP contribution in [0.15, 0.2) is 12.1 Å². The summed E-state index contributed by atoms with van der Waals surface area (Å²) in [6, 6.07) is 4.00. The van der Waals surface area contributed by atoms with Crippen molar-refractivity contribution in [3.05, 3.63) is 19.9 Å². The van der Waals surface area contributed by atoms with Crippen LogP contribution in [0.25, 0.3) is 9.40 Å². The molecule has 0 aromatic carbocycles. The fraction of sp³-hybridized carbons (Fsp3) is 0.222. The van der Waals surface area contributed by atoms with Gasteiger partial charge in [-0.2, -0.15) is 0 Å². The monoisotopic (exact) mass is 338 g/mol. The number of hydrogen-bond acceptors (Lipinski definition) is 4. The molecule has 74 valence electrons. The van der Waals surface area contributed by atoms with Crippen LogP contribution in [0.3, 0.4) is 0 Å². The van der Waals surface area contributed by atoms with Gasteiger partial charge in [-0.1, -0.05) is 0 Å². The lowest BCUT2D eigenvalue weighted by molar-refractivity contribution is 0.0532. The minimum absolute atomic E-state index is 0.212. The zero-order valence-corrected chi connectivity index (χ0v) is 11.2. The zero-order valence-electron chi connectivity index (χ0n) is 7.37. The number of ether oxygens (including phenoxy) is 1. The highest BCUT2D eigenvalue weighted by atomic mass is 127. The van der Waals surface area contributed by atoms with Crippen molar-refractivity contribution in [2.24, 2.45) is 0 Å². The van der Waals surface area contributed by atoms with Gasteiger partial charge in [0.05, 0.1) is 9.49 Å². The van der Waals surface area contributed by atoms with Gasteiger partial charge in [-0.25, -0.2) is 4.79 Å². The number of fused-ring (bicyclic) bond motifs is 1. The molecule has 0 aliphatic heterocycles. The molecule has 0 N–H and O–H groups in total. The maximum Gasteiger partial charge on any atom is 0.348 e. The number of thiophene rings is 2. The van der Waals surface area contributed by atoms with Crippen molar-refractivity contribution in [3.8, 4) is 0 Å². The summed E-state index contributed by atoms with van der Waals surface area (Å²) in [7, 11) is 0. The van der Waals surface area contributed by atoms with E-state index in [1.165, 1.54) is 23.6 Å². The standard InChI is InChI=1S/C9H7IO2S2/c1-2-12-9(11)7-3-5-6(13-7)4-8(10)14-5/h3-4H,2H2,1H3. The zero-order chi connectivity index (χ0) is 10.1. The van der Waals surface area contributed by atoms with Gasteiger partial charge in [0.1, 0.15) is 4.88 Å². The fourth-order valence-electron chi connectivity index (χ4n) is 1.11. The molecule has 2 rings (SSSR count). The van der Waals surface area contributed by atoms with Crippen LogP contribution < -0.4 is 0 Å². The first-order chi connectivity index (χ1) is 6.70. The molecule has 0 radical (unpaired) electrons. The van der Waals surface area contributed by atoms with Gasteiger partial charge < -0.3 is 4.74 Å². The first-order valence-electron chi connectivity index (χ1n) is 4.06. The smallest absolute Gasteiger partial charge is 0.348 e. The van der Waals surface area contributed by atoms with E-state index in [1.54, 1.807) is 11.3 Å². The Balaban J connectivity index is 2.36. The summed E-state index contributed by atoms with van der Waals surface area (Å²) in [5.41, 5.74) is 0. The Bertz CT molecular complexity index is 441. The third-order valence-corrected chi connectivity index (χ3v) is 4.69.